The Morgan fingerprint density at radius 1 is 1.33 bits per heavy atom. The number of aromatic nitrogens is 2. The standard InChI is InChI=1S/C17H21ClN2O/c1-21-13-4-5-14-16(10-13)20(17(19-14)6-7-18)15-9-11-2-3-12(15)8-11/h4-5,10-12,15H,2-3,6-9H2,1H3. The molecule has 2 aliphatic carbocycles. The Morgan fingerprint density at radius 3 is 2.90 bits per heavy atom. The van der Waals surface area contributed by atoms with Crippen LogP contribution < -0.4 is 4.74 Å². The third-order valence-corrected chi connectivity index (χ3v) is 5.51. The lowest BCUT2D eigenvalue weighted by molar-refractivity contribution is 0.329. The molecule has 0 N–H and O–H groups in total. The molecule has 2 aliphatic rings. The smallest absolute Gasteiger partial charge is 0.121 e. The highest BCUT2D eigenvalue weighted by molar-refractivity contribution is 6.17. The molecule has 4 heteroatoms. The molecule has 3 nitrogen and oxygen atoms in total. The molecule has 2 saturated carbocycles. The average Bonchev–Trinajstić information content (AvgIpc) is 3.19. The summed E-state index contributed by atoms with van der Waals surface area (Å²) < 4.78 is 7.88. The number of hydrogen-bond acceptors (Lipinski definition) is 2. The van der Waals surface area contributed by atoms with E-state index >= 15 is 0 Å². The number of hydrogen-bond donors (Lipinski definition) is 0. The molecule has 2 fully saturated rings. The fourth-order valence-corrected chi connectivity index (χ4v) is 4.58. The average molecular weight is 305 g/mol. The van der Waals surface area contributed by atoms with E-state index in [4.69, 9.17) is 21.3 Å². The number of nitrogens with zero attached hydrogens (tertiary/aromatic N) is 2. The number of methoxy groups -OCH3 is 1. The molecule has 0 amide bonds. The summed E-state index contributed by atoms with van der Waals surface area (Å²) in [5.74, 6) is 4.43. The minimum absolute atomic E-state index is 0.610. The van der Waals surface area contributed by atoms with E-state index in [2.05, 4.69) is 16.7 Å². The third kappa shape index (κ3) is 2.13. The monoisotopic (exact) mass is 304 g/mol. The number of aryl methyl sites for hydroxylation is 1. The summed E-state index contributed by atoms with van der Waals surface area (Å²) in [6.07, 6.45) is 6.34. The van der Waals surface area contributed by atoms with Gasteiger partial charge in [0.15, 0.2) is 0 Å². The molecule has 0 saturated heterocycles. The predicted octanol–water partition coefficient (Wildman–Crippen LogP) is 4.19. The Kier molecular flexibility index (Phi) is 3.33. The largest absolute Gasteiger partial charge is 0.497 e. The van der Waals surface area contributed by atoms with E-state index in [-0.39, 0.29) is 0 Å². The van der Waals surface area contributed by atoms with Gasteiger partial charge in [0.25, 0.3) is 0 Å². The third-order valence-electron chi connectivity index (χ3n) is 5.32. The van der Waals surface area contributed by atoms with E-state index in [0.717, 1.165) is 35.3 Å². The maximum absolute atomic E-state index is 6.00. The van der Waals surface area contributed by atoms with Crippen molar-refractivity contribution >= 4 is 22.6 Å². The Bertz CT molecular complexity index is 666. The maximum Gasteiger partial charge on any atom is 0.121 e. The van der Waals surface area contributed by atoms with Gasteiger partial charge in [-0.25, -0.2) is 4.98 Å². The lowest BCUT2D eigenvalue weighted by Gasteiger charge is -2.25. The minimum Gasteiger partial charge on any atom is -0.497 e. The van der Waals surface area contributed by atoms with Crippen LogP contribution in [0, 0.1) is 11.8 Å². The van der Waals surface area contributed by atoms with Crippen molar-refractivity contribution in [3.05, 3.63) is 24.0 Å². The van der Waals surface area contributed by atoms with E-state index in [0.29, 0.717) is 11.9 Å². The molecule has 3 atom stereocenters. The van der Waals surface area contributed by atoms with Crippen LogP contribution in [0.3, 0.4) is 0 Å². The highest BCUT2D eigenvalue weighted by Gasteiger charge is 2.41. The molecule has 0 aliphatic heterocycles. The first-order valence-corrected chi connectivity index (χ1v) is 8.44. The van der Waals surface area contributed by atoms with E-state index < -0.39 is 0 Å². The highest BCUT2D eigenvalue weighted by atomic mass is 35.5. The number of benzene rings is 1. The van der Waals surface area contributed by atoms with Gasteiger partial charge in [-0.05, 0) is 43.2 Å². The summed E-state index contributed by atoms with van der Waals surface area (Å²) in [5, 5.41) is 0. The van der Waals surface area contributed by atoms with Gasteiger partial charge in [-0.1, -0.05) is 6.42 Å². The van der Waals surface area contributed by atoms with Crippen molar-refractivity contribution in [2.75, 3.05) is 13.0 Å². The molecule has 4 rings (SSSR count). The van der Waals surface area contributed by atoms with Crippen LogP contribution in [-0.4, -0.2) is 22.5 Å². The van der Waals surface area contributed by atoms with Gasteiger partial charge in [-0.15, -0.1) is 11.6 Å². The Hall–Kier alpha value is -1.22. The maximum atomic E-state index is 6.00. The van der Waals surface area contributed by atoms with E-state index in [9.17, 15) is 0 Å². The first kappa shape index (κ1) is 13.4. The number of imidazole rings is 1. The van der Waals surface area contributed by atoms with Gasteiger partial charge in [0.1, 0.15) is 11.6 Å². The van der Waals surface area contributed by atoms with Gasteiger partial charge in [-0.3, -0.25) is 0 Å². The summed E-state index contributed by atoms with van der Waals surface area (Å²) in [5.41, 5.74) is 2.28. The molecule has 21 heavy (non-hydrogen) atoms. The molecule has 0 radical (unpaired) electrons. The normalized spacial score (nSPS) is 27.6. The second-order valence-corrected chi connectivity index (χ2v) is 6.81. The van der Waals surface area contributed by atoms with Crippen molar-refractivity contribution in [2.45, 2.75) is 38.1 Å². The second kappa shape index (κ2) is 5.20. The first-order valence-electron chi connectivity index (χ1n) is 7.91. The Balaban J connectivity index is 1.85. The molecule has 2 aromatic rings. The molecular formula is C17H21ClN2O. The van der Waals surface area contributed by atoms with Gasteiger partial charge >= 0.3 is 0 Å². The van der Waals surface area contributed by atoms with E-state index in [1.807, 2.05) is 6.07 Å². The van der Waals surface area contributed by atoms with Crippen LogP contribution in [0.2, 0.25) is 0 Å². The van der Waals surface area contributed by atoms with Crippen LogP contribution in [0.4, 0.5) is 0 Å². The predicted molar refractivity (Wildman–Crippen MR) is 85.2 cm³/mol. The molecular weight excluding hydrogens is 284 g/mol. The first-order chi connectivity index (χ1) is 10.3. The van der Waals surface area contributed by atoms with Crippen LogP contribution in [0.5, 0.6) is 5.75 Å². The van der Waals surface area contributed by atoms with Crippen LogP contribution >= 0.6 is 11.6 Å². The molecule has 1 aromatic carbocycles. The number of rotatable bonds is 4. The van der Waals surface area contributed by atoms with Crippen LogP contribution in [0.15, 0.2) is 18.2 Å². The van der Waals surface area contributed by atoms with Crippen LogP contribution in [-0.2, 0) is 6.42 Å². The number of fused-ring (bicyclic) bond motifs is 3. The summed E-state index contributed by atoms with van der Waals surface area (Å²) in [4.78, 5) is 4.83. The molecule has 112 valence electrons. The van der Waals surface area contributed by atoms with Crippen molar-refractivity contribution in [1.29, 1.82) is 0 Å². The Morgan fingerprint density at radius 2 is 2.24 bits per heavy atom. The summed E-state index contributed by atoms with van der Waals surface area (Å²) >= 11 is 6.00. The molecule has 1 heterocycles. The lowest BCUT2D eigenvalue weighted by atomic mass is 9.95. The van der Waals surface area contributed by atoms with Crippen molar-refractivity contribution in [2.24, 2.45) is 11.8 Å². The van der Waals surface area contributed by atoms with Crippen molar-refractivity contribution in [3.8, 4) is 5.75 Å². The molecule has 2 bridgehead atoms. The number of halogens is 1. The van der Waals surface area contributed by atoms with Crippen molar-refractivity contribution < 1.29 is 4.74 Å². The fourth-order valence-electron chi connectivity index (χ4n) is 4.41. The summed E-state index contributed by atoms with van der Waals surface area (Å²) in [6.45, 7) is 0. The molecule has 3 unspecified atom stereocenters. The summed E-state index contributed by atoms with van der Waals surface area (Å²) in [7, 11) is 1.72. The minimum atomic E-state index is 0.610. The SMILES string of the molecule is COc1ccc2nc(CCCl)n(C3CC4CCC3C4)c2c1. The summed E-state index contributed by atoms with van der Waals surface area (Å²) in [6, 6.07) is 6.80. The molecule has 1 aromatic heterocycles. The van der Waals surface area contributed by atoms with Gasteiger partial charge in [-0.2, -0.15) is 0 Å². The topological polar surface area (TPSA) is 27.1 Å². The lowest BCUT2D eigenvalue weighted by Crippen LogP contribution is -2.18. The van der Waals surface area contributed by atoms with Gasteiger partial charge in [0, 0.05) is 24.4 Å². The van der Waals surface area contributed by atoms with Gasteiger partial charge in [0.05, 0.1) is 18.1 Å². The van der Waals surface area contributed by atoms with Crippen LogP contribution in [0.1, 0.15) is 37.5 Å². The fraction of sp³-hybridized carbons (Fsp3) is 0.588. The van der Waals surface area contributed by atoms with Crippen molar-refractivity contribution in [1.82, 2.24) is 9.55 Å². The van der Waals surface area contributed by atoms with Gasteiger partial charge < -0.3 is 9.30 Å². The van der Waals surface area contributed by atoms with Crippen LogP contribution in [0.25, 0.3) is 11.0 Å². The number of alkyl halides is 1. The zero-order chi connectivity index (χ0) is 14.4. The second-order valence-electron chi connectivity index (χ2n) is 6.43. The van der Waals surface area contributed by atoms with Gasteiger partial charge in [0.2, 0.25) is 0 Å². The Labute approximate surface area is 130 Å². The molecule has 0 spiro atoms. The van der Waals surface area contributed by atoms with Crippen molar-refractivity contribution in [3.63, 3.8) is 0 Å². The zero-order valence-corrected chi connectivity index (χ0v) is 13.1. The zero-order valence-electron chi connectivity index (χ0n) is 12.4. The van der Waals surface area contributed by atoms with E-state index in [1.165, 1.54) is 31.2 Å². The highest BCUT2D eigenvalue weighted by Crippen LogP contribution is 2.51. The number of ether oxygens (including phenoxy) is 1. The van der Waals surface area contributed by atoms with E-state index in [1.54, 1.807) is 7.11 Å². The quantitative estimate of drug-likeness (QED) is 0.792.